The summed E-state index contributed by atoms with van der Waals surface area (Å²) in [4.78, 5) is 0. The van der Waals surface area contributed by atoms with Gasteiger partial charge in [-0.1, -0.05) is 17.7 Å². The van der Waals surface area contributed by atoms with Gasteiger partial charge < -0.3 is 19.7 Å². The summed E-state index contributed by atoms with van der Waals surface area (Å²) in [5, 5.41) is 12.5. The molecule has 2 atom stereocenters. The highest BCUT2D eigenvalue weighted by molar-refractivity contribution is 5.43. The Hall–Kier alpha value is -2.56. The number of rotatable bonds is 5. The predicted molar refractivity (Wildman–Crippen MR) is 95.0 cm³/mol. The number of quaternary nitrogens is 1. The summed E-state index contributed by atoms with van der Waals surface area (Å²) in [6.45, 7) is 2.08. The van der Waals surface area contributed by atoms with Crippen LogP contribution in [0, 0.1) is 5.21 Å². The highest BCUT2D eigenvalue weighted by Gasteiger charge is 2.11. The van der Waals surface area contributed by atoms with E-state index >= 15 is 0 Å². The molecule has 124 valence electrons. The van der Waals surface area contributed by atoms with Gasteiger partial charge >= 0.3 is 0 Å². The molecule has 0 aromatic heterocycles. The third-order valence-electron chi connectivity index (χ3n) is 4.00. The molecule has 4 nitrogen and oxygen atoms in total. The Labute approximate surface area is 142 Å². The Balaban J connectivity index is 1.66. The van der Waals surface area contributed by atoms with Crippen molar-refractivity contribution in [1.29, 1.82) is 0 Å². The standard InChI is InChI=1S/C20H21NO3/c1-15-3-9-19(10-4-15)24-20-13-7-17(8-14-20)21(22)16-5-11-18(23-2)12-6-16/h3-9,11-14,19,21H,10H2,1-2H3. The molecule has 0 bridgehead atoms. The molecule has 1 aliphatic rings. The van der Waals surface area contributed by atoms with Gasteiger partial charge in [0.05, 0.1) is 7.11 Å². The number of allylic oxidation sites excluding steroid dienone is 2. The third kappa shape index (κ3) is 3.85. The van der Waals surface area contributed by atoms with Crippen LogP contribution in [0.4, 0.5) is 11.4 Å². The first kappa shape index (κ1) is 16.3. The molecule has 0 saturated heterocycles. The normalized spacial score (nSPS) is 18.0. The number of hydrogen-bond acceptors (Lipinski definition) is 3. The average molecular weight is 323 g/mol. The lowest BCUT2D eigenvalue weighted by molar-refractivity contribution is -0.698. The lowest BCUT2D eigenvalue weighted by atomic mass is 10.1. The van der Waals surface area contributed by atoms with Crippen molar-refractivity contribution in [1.82, 2.24) is 0 Å². The van der Waals surface area contributed by atoms with E-state index in [1.165, 1.54) is 5.57 Å². The molecular formula is C20H21NO3. The van der Waals surface area contributed by atoms with Crippen LogP contribution in [0.15, 0.2) is 72.3 Å². The van der Waals surface area contributed by atoms with Crippen molar-refractivity contribution in [2.24, 2.45) is 0 Å². The highest BCUT2D eigenvalue weighted by Crippen LogP contribution is 2.20. The van der Waals surface area contributed by atoms with Gasteiger partial charge in [-0.05, 0) is 37.3 Å². The van der Waals surface area contributed by atoms with Crippen molar-refractivity contribution in [2.75, 3.05) is 7.11 Å². The summed E-state index contributed by atoms with van der Waals surface area (Å²) in [6, 6.07) is 14.4. The lowest BCUT2D eigenvalue weighted by Gasteiger charge is -2.22. The first-order chi connectivity index (χ1) is 11.7. The van der Waals surface area contributed by atoms with E-state index in [0.29, 0.717) is 11.4 Å². The van der Waals surface area contributed by atoms with E-state index in [0.717, 1.165) is 17.9 Å². The minimum atomic E-state index is -0.0136. The van der Waals surface area contributed by atoms with Gasteiger partial charge in [0.1, 0.15) is 29.0 Å². The number of nitrogens with one attached hydrogen (secondary N) is 1. The first-order valence-electron chi connectivity index (χ1n) is 7.96. The summed E-state index contributed by atoms with van der Waals surface area (Å²) in [5.74, 6) is 1.50. The zero-order valence-electron chi connectivity index (χ0n) is 13.9. The van der Waals surface area contributed by atoms with Gasteiger partial charge in [0, 0.05) is 30.7 Å². The van der Waals surface area contributed by atoms with Gasteiger partial charge in [-0.2, -0.15) is 0 Å². The molecule has 3 rings (SSSR count). The summed E-state index contributed by atoms with van der Waals surface area (Å²) in [6.07, 6.45) is 7.21. The minimum absolute atomic E-state index is 0.0136. The van der Waals surface area contributed by atoms with Gasteiger partial charge in [0.2, 0.25) is 0 Å². The van der Waals surface area contributed by atoms with Crippen molar-refractivity contribution in [3.8, 4) is 11.5 Å². The Morgan fingerprint density at radius 2 is 1.54 bits per heavy atom. The monoisotopic (exact) mass is 323 g/mol. The topological polar surface area (TPSA) is 46.0 Å². The van der Waals surface area contributed by atoms with E-state index in [1.807, 2.05) is 12.1 Å². The Morgan fingerprint density at radius 3 is 2.04 bits per heavy atom. The fraction of sp³-hybridized carbons (Fsp3) is 0.200. The molecule has 2 aromatic rings. The Bertz CT molecular complexity index is 732. The molecule has 24 heavy (non-hydrogen) atoms. The Morgan fingerprint density at radius 1 is 0.958 bits per heavy atom. The highest BCUT2D eigenvalue weighted by atomic mass is 16.5. The van der Waals surface area contributed by atoms with Crippen LogP contribution >= 0.6 is 0 Å². The van der Waals surface area contributed by atoms with Crippen LogP contribution in [0.2, 0.25) is 0 Å². The molecule has 1 aliphatic carbocycles. The van der Waals surface area contributed by atoms with Crippen molar-refractivity contribution in [2.45, 2.75) is 19.4 Å². The second kappa shape index (κ2) is 7.34. The molecule has 0 heterocycles. The lowest BCUT2D eigenvalue weighted by Crippen LogP contribution is -2.96. The van der Waals surface area contributed by atoms with Crippen molar-refractivity contribution < 1.29 is 14.5 Å². The van der Waals surface area contributed by atoms with Crippen LogP contribution in [-0.2, 0) is 0 Å². The molecule has 2 aromatic carbocycles. The smallest absolute Gasteiger partial charge is 0.136 e. The van der Waals surface area contributed by atoms with Crippen LogP contribution < -0.4 is 14.5 Å². The molecule has 4 heteroatoms. The number of benzene rings is 2. The maximum absolute atomic E-state index is 12.5. The molecule has 0 fully saturated rings. The van der Waals surface area contributed by atoms with Gasteiger partial charge in [-0.25, -0.2) is 0 Å². The van der Waals surface area contributed by atoms with Crippen LogP contribution in [0.25, 0.3) is 0 Å². The summed E-state index contributed by atoms with van der Waals surface area (Å²) < 4.78 is 11.0. The number of ether oxygens (including phenoxy) is 2. The van der Waals surface area contributed by atoms with E-state index < -0.39 is 0 Å². The summed E-state index contributed by atoms with van der Waals surface area (Å²) in [7, 11) is 1.61. The van der Waals surface area contributed by atoms with Crippen LogP contribution in [0.5, 0.6) is 11.5 Å². The zero-order chi connectivity index (χ0) is 16.9. The first-order valence-corrected chi connectivity index (χ1v) is 7.96. The van der Waals surface area contributed by atoms with E-state index in [4.69, 9.17) is 9.47 Å². The van der Waals surface area contributed by atoms with Gasteiger partial charge in [0.25, 0.3) is 0 Å². The second-order valence-corrected chi connectivity index (χ2v) is 5.78. The van der Waals surface area contributed by atoms with Gasteiger partial charge in [-0.15, -0.1) is 0 Å². The minimum Gasteiger partial charge on any atom is -0.623 e. The molecule has 0 spiro atoms. The predicted octanol–water partition coefficient (Wildman–Crippen LogP) is 3.69. The molecule has 0 aliphatic heterocycles. The molecule has 1 N–H and O–H groups in total. The second-order valence-electron chi connectivity index (χ2n) is 5.78. The zero-order valence-corrected chi connectivity index (χ0v) is 13.9. The van der Waals surface area contributed by atoms with Crippen LogP contribution in [0.1, 0.15) is 13.3 Å². The van der Waals surface area contributed by atoms with Crippen LogP contribution in [-0.4, -0.2) is 13.2 Å². The number of hydrogen-bond donors (Lipinski definition) is 1. The van der Waals surface area contributed by atoms with E-state index in [1.54, 1.807) is 43.5 Å². The summed E-state index contributed by atoms with van der Waals surface area (Å²) >= 11 is 0. The van der Waals surface area contributed by atoms with Gasteiger partial charge in [-0.3, -0.25) is 0 Å². The third-order valence-corrected chi connectivity index (χ3v) is 4.00. The van der Waals surface area contributed by atoms with Crippen LogP contribution in [0.3, 0.4) is 0 Å². The summed E-state index contributed by atoms with van der Waals surface area (Å²) in [5.41, 5.74) is 2.54. The van der Waals surface area contributed by atoms with Crippen molar-refractivity contribution >= 4 is 11.4 Å². The van der Waals surface area contributed by atoms with E-state index in [9.17, 15) is 5.21 Å². The fourth-order valence-corrected chi connectivity index (χ4v) is 2.56. The molecule has 0 saturated carbocycles. The van der Waals surface area contributed by atoms with E-state index in [2.05, 4.69) is 25.2 Å². The maximum Gasteiger partial charge on any atom is 0.136 e. The molecule has 0 amide bonds. The molecule has 2 unspecified atom stereocenters. The van der Waals surface area contributed by atoms with Crippen molar-refractivity contribution in [3.05, 3.63) is 77.5 Å². The fourth-order valence-electron chi connectivity index (χ4n) is 2.56. The number of methoxy groups -OCH3 is 1. The maximum atomic E-state index is 12.5. The largest absolute Gasteiger partial charge is 0.623 e. The van der Waals surface area contributed by atoms with Gasteiger partial charge in [0.15, 0.2) is 0 Å². The van der Waals surface area contributed by atoms with E-state index in [-0.39, 0.29) is 11.2 Å². The average Bonchev–Trinajstić information content (AvgIpc) is 2.64. The Kier molecular flexibility index (Phi) is 4.99. The quantitative estimate of drug-likeness (QED) is 0.854. The molecular weight excluding hydrogens is 302 g/mol. The van der Waals surface area contributed by atoms with Crippen molar-refractivity contribution in [3.63, 3.8) is 0 Å². The SMILES string of the molecule is COc1ccc([NH+]([O-])c2ccc(OC3C=CC(C)=CC3)cc2)cc1. The molecule has 0 radical (unpaired) electrons.